The molecule has 4 heteroatoms. The Morgan fingerprint density at radius 3 is 3.00 bits per heavy atom. The summed E-state index contributed by atoms with van der Waals surface area (Å²) in [6.07, 6.45) is 2.87. The maximum Gasteiger partial charge on any atom is 0.0958 e. The molecule has 0 fully saturated rings. The largest absolute Gasteiger partial charge is 0.399 e. The molecule has 0 bridgehead atoms. The topological polar surface area (TPSA) is 53.1 Å². The molecule has 0 aliphatic heterocycles. The second-order valence-corrected chi connectivity index (χ2v) is 5.01. The third-order valence-corrected chi connectivity index (χ3v) is 2.78. The lowest BCUT2D eigenvalue weighted by Gasteiger charge is -2.07. The van der Waals surface area contributed by atoms with Crippen LogP contribution in [0.25, 0.3) is 11.0 Å². The van der Waals surface area contributed by atoms with Crippen LogP contribution < -0.4 is 5.73 Å². The molecule has 0 aliphatic rings. The van der Waals surface area contributed by atoms with Gasteiger partial charge in [-0.2, -0.15) is 0 Å². The lowest BCUT2D eigenvalue weighted by Crippen LogP contribution is -2.06. The normalized spacial score (nSPS) is 11.5. The zero-order valence-corrected chi connectivity index (χ0v) is 11.1. The van der Waals surface area contributed by atoms with Crippen molar-refractivity contribution in [3.8, 4) is 0 Å². The minimum Gasteiger partial charge on any atom is -0.399 e. The van der Waals surface area contributed by atoms with Crippen molar-refractivity contribution in [1.29, 1.82) is 0 Å². The molecular weight excluding hydrogens is 226 g/mol. The fourth-order valence-electron chi connectivity index (χ4n) is 1.92. The van der Waals surface area contributed by atoms with E-state index in [4.69, 9.17) is 10.5 Å². The standard InChI is InChI=1S/C14H21N3O/c1-11(2)9-18-7-3-6-17-10-16-13-8-12(15)4-5-14(13)17/h4-5,8,10-11H,3,6-7,9,15H2,1-2H3. The van der Waals surface area contributed by atoms with Gasteiger partial charge in [0.25, 0.3) is 0 Å². The smallest absolute Gasteiger partial charge is 0.0958 e. The Morgan fingerprint density at radius 2 is 2.22 bits per heavy atom. The first kappa shape index (κ1) is 12.9. The number of aromatic nitrogens is 2. The molecule has 0 spiro atoms. The SMILES string of the molecule is CC(C)COCCCn1cnc2cc(N)ccc21. The van der Waals surface area contributed by atoms with Gasteiger partial charge in [0.2, 0.25) is 0 Å². The van der Waals surface area contributed by atoms with Crippen molar-refractivity contribution in [2.24, 2.45) is 5.92 Å². The first-order valence-corrected chi connectivity index (χ1v) is 6.45. The molecule has 2 aromatic rings. The van der Waals surface area contributed by atoms with Crippen LogP contribution in [-0.2, 0) is 11.3 Å². The first-order valence-electron chi connectivity index (χ1n) is 6.45. The van der Waals surface area contributed by atoms with Crippen molar-refractivity contribution in [2.45, 2.75) is 26.8 Å². The van der Waals surface area contributed by atoms with Crippen molar-refractivity contribution >= 4 is 16.7 Å². The van der Waals surface area contributed by atoms with Gasteiger partial charge in [-0.1, -0.05) is 13.8 Å². The van der Waals surface area contributed by atoms with E-state index in [0.29, 0.717) is 5.92 Å². The summed E-state index contributed by atoms with van der Waals surface area (Å²) in [5, 5.41) is 0. The van der Waals surface area contributed by atoms with Crippen LogP contribution in [-0.4, -0.2) is 22.8 Å². The van der Waals surface area contributed by atoms with Gasteiger partial charge in [0.05, 0.1) is 17.4 Å². The van der Waals surface area contributed by atoms with E-state index in [-0.39, 0.29) is 0 Å². The van der Waals surface area contributed by atoms with Crippen LogP contribution in [0.3, 0.4) is 0 Å². The molecule has 2 N–H and O–H groups in total. The molecule has 18 heavy (non-hydrogen) atoms. The highest BCUT2D eigenvalue weighted by atomic mass is 16.5. The molecule has 1 aromatic carbocycles. The van der Waals surface area contributed by atoms with Crippen LogP contribution in [0.4, 0.5) is 5.69 Å². The Bertz CT molecular complexity index is 505. The first-order chi connectivity index (χ1) is 8.66. The number of nitrogens with two attached hydrogens (primary N) is 1. The molecule has 0 saturated carbocycles. The number of fused-ring (bicyclic) bond motifs is 1. The summed E-state index contributed by atoms with van der Waals surface area (Å²) >= 11 is 0. The second kappa shape index (κ2) is 5.87. The highest BCUT2D eigenvalue weighted by Crippen LogP contribution is 2.16. The molecule has 0 aliphatic carbocycles. The summed E-state index contributed by atoms with van der Waals surface area (Å²) in [5.74, 6) is 0.599. The van der Waals surface area contributed by atoms with Crippen molar-refractivity contribution in [2.75, 3.05) is 18.9 Å². The molecule has 98 valence electrons. The zero-order chi connectivity index (χ0) is 13.0. The van der Waals surface area contributed by atoms with E-state index < -0.39 is 0 Å². The minimum absolute atomic E-state index is 0.599. The molecule has 1 aromatic heterocycles. The average molecular weight is 247 g/mol. The summed E-state index contributed by atoms with van der Waals surface area (Å²) in [5.41, 5.74) is 8.58. The molecule has 4 nitrogen and oxygen atoms in total. The number of ether oxygens (including phenoxy) is 1. The van der Waals surface area contributed by atoms with Gasteiger partial charge in [-0.3, -0.25) is 0 Å². The lowest BCUT2D eigenvalue weighted by atomic mass is 10.2. The van der Waals surface area contributed by atoms with Crippen LogP contribution in [0.1, 0.15) is 20.3 Å². The van der Waals surface area contributed by atoms with Gasteiger partial charge in [0.1, 0.15) is 0 Å². The molecule has 0 amide bonds. The van der Waals surface area contributed by atoms with Gasteiger partial charge in [0.15, 0.2) is 0 Å². The Labute approximate surface area is 108 Å². The van der Waals surface area contributed by atoms with Crippen LogP contribution >= 0.6 is 0 Å². The minimum atomic E-state index is 0.599. The third kappa shape index (κ3) is 3.23. The highest BCUT2D eigenvalue weighted by Gasteiger charge is 2.02. The summed E-state index contributed by atoms with van der Waals surface area (Å²) in [4.78, 5) is 4.35. The molecular formula is C14H21N3O. The Kier molecular flexibility index (Phi) is 4.20. The number of hydrogen-bond donors (Lipinski definition) is 1. The lowest BCUT2D eigenvalue weighted by molar-refractivity contribution is 0.105. The monoisotopic (exact) mass is 247 g/mol. The van der Waals surface area contributed by atoms with E-state index in [2.05, 4.69) is 23.4 Å². The van der Waals surface area contributed by atoms with Crippen molar-refractivity contribution in [3.05, 3.63) is 24.5 Å². The number of aryl methyl sites for hydroxylation is 1. The predicted octanol–water partition coefficient (Wildman–Crippen LogP) is 2.68. The number of benzene rings is 1. The average Bonchev–Trinajstić information content (AvgIpc) is 2.70. The van der Waals surface area contributed by atoms with Crippen molar-refractivity contribution in [3.63, 3.8) is 0 Å². The quantitative estimate of drug-likeness (QED) is 0.630. The van der Waals surface area contributed by atoms with E-state index in [1.807, 2.05) is 24.5 Å². The zero-order valence-electron chi connectivity index (χ0n) is 11.1. The molecule has 0 radical (unpaired) electrons. The summed E-state index contributed by atoms with van der Waals surface area (Å²) in [6, 6.07) is 5.84. The fraction of sp³-hybridized carbons (Fsp3) is 0.500. The van der Waals surface area contributed by atoms with E-state index >= 15 is 0 Å². The highest BCUT2D eigenvalue weighted by molar-refractivity contribution is 5.78. The van der Waals surface area contributed by atoms with Gasteiger partial charge in [-0.25, -0.2) is 4.98 Å². The Morgan fingerprint density at radius 1 is 1.39 bits per heavy atom. The molecule has 2 rings (SSSR count). The number of hydrogen-bond acceptors (Lipinski definition) is 3. The number of imidazole rings is 1. The summed E-state index contributed by atoms with van der Waals surface area (Å²) < 4.78 is 7.72. The van der Waals surface area contributed by atoms with Crippen molar-refractivity contribution < 1.29 is 4.74 Å². The number of rotatable bonds is 6. The van der Waals surface area contributed by atoms with Gasteiger partial charge < -0.3 is 15.0 Å². The molecule has 0 unspecified atom stereocenters. The van der Waals surface area contributed by atoms with Gasteiger partial charge in [-0.05, 0) is 30.5 Å². The molecule has 1 heterocycles. The van der Waals surface area contributed by atoms with E-state index in [0.717, 1.165) is 42.9 Å². The van der Waals surface area contributed by atoms with Gasteiger partial charge in [0, 0.05) is 25.4 Å². The number of anilines is 1. The fourth-order valence-corrected chi connectivity index (χ4v) is 1.92. The van der Waals surface area contributed by atoms with Crippen LogP contribution in [0.2, 0.25) is 0 Å². The third-order valence-electron chi connectivity index (χ3n) is 2.78. The van der Waals surface area contributed by atoms with Crippen LogP contribution in [0, 0.1) is 5.92 Å². The summed E-state index contributed by atoms with van der Waals surface area (Å²) in [7, 11) is 0. The maximum absolute atomic E-state index is 5.73. The number of nitrogen functional groups attached to an aromatic ring is 1. The Hall–Kier alpha value is -1.55. The van der Waals surface area contributed by atoms with E-state index in [9.17, 15) is 0 Å². The van der Waals surface area contributed by atoms with E-state index in [1.165, 1.54) is 0 Å². The summed E-state index contributed by atoms with van der Waals surface area (Å²) in [6.45, 7) is 6.88. The van der Waals surface area contributed by atoms with Crippen molar-refractivity contribution in [1.82, 2.24) is 9.55 Å². The van der Waals surface area contributed by atoms with E-state index in [1.54, 1.807) is 0 Å². The Balaban J connectivity index is 1.88. The second-order valence-electron chi connectivity index (χ2n) is 5.01. The van der Waals surface area contributed by atoms with Gasteiger partial charge >= 0.3 is 0 Å². The molecule has 0 saturated heterocycles. The maximum atomic E-state index is 5.73. The number of nitrogens with zero attached hydrogens (tertiary/aromatic N) is 2. The molecule has 0 atom stereocenters. The predicted molar refractivity (Wildman–Crippen MR) is 74.4 cm³/mol. The van der Waals surface area contributed by atoms with Gasteiger partial charge in [-0.15, -0.1) is 0 Å². The van der Waals surface area contributed by atoms with Crippen LogP contribution in [0.5, 0.6) is 0 Å². The van der Waals surface area contributed by atoms with Crippen LogP contribution in [0.15, 0.2) is 24.5 Å².